The van der Waals surface area contributed by atoms with Gasteiger partial charge in [0.15, 0.2) is 0 Å². The van der Waals surface area contributed by atoms with E-state index in [9.17, 15) is 8.78 Å². The summed E-state index contributed by atoms with van der Waals surface area (Å²) < 4.78 is 25.0. The molecular weight excluding hydrogens is 299 g/mol. The Morgan fingerprint density at radius 3 is 2.43 bits per heavy atom. The molecule has 1 aromatic rings. The number of benzene rings is 1. The van der Waals surface area contributed by atoms with E-state index in [1.165, 1.54) is 6.07 Å². The van der Waals surface area contributed by atoms with Crippen molar-refractivity contribution in [1.29, 1.82) is 0 Å². The van der Waals surface area contributed by atoms with E-state index in [0.29, 0.717) is 15.1 Å². The van der Waals surface area contributed by atoms with Crippen LogP contribution in [0.4, 0.5) is 8.78 Å². The highest BCUT2D eigenvalue weighted by atomic mass is 79.9. The molecule has 6 heteroatoms. The molecule has 0 bridgehead atoms. The average Bonchev–Trinajstić information content (AvgIpc) is 2.08. The van der Waals surface area contributed by atoms with Crippen LogP contribution in [0, 0.1) is 0 Å². The van der Waals surface area contributed by atoms with Crippen LogP contribution in [0.15, 0.2) is 22.7 Å². The van der Waals surface area contributed by atoms with Crippen LogP contribution in [0.1, 0.15) is 11.6 Å². The fourth-order valence-electron chi connectivity index (χ4n) is 0.906. The molecule has 0 aliphatic rings. The molecule has 0 radical (unpaired) electrons. The Kier molecular flexibility index (Phi) is 5.90. The van der Waals surface area contributed by atoms with E-state index in [0.717, 1.165) is 0 Å². The third kappa shape index (κ3) is 3.35. The molecule has 1 atom stereocenters. The third-order valence-corrected chi connectivity index (χ3v) is 2.55. The van der Waals surface area contributed by atoms with Gasteiger partial charge in [0.2, 0.25) is 0 Å². The minimum atomic E-state index is -2.59. The first-order valence-corrected chi connectivity index (χ1v) is 4.68. The van der Waals surface area contributed by atoms with Crippen molar-refractivity contribution in [2.24, 2.45) is 5.73 Å². The number of rotatable bonds is 2. The zero-order valence-electron chi connectivity index (χ0n) is 6.88. The molecule has 0 aromatic heterocycles. The average molecular weight is 307 g/mol. The Morgan fingerprint density at radius 1 is 1.36 bits per heavy atom. The topological polar surface area (TPSA) is 26.0 Å². The smallest absolute Gasteiger partial charge is 0.257 e. The third-order valence-electron chi connectivity index (χ3n) is 1.59. The quantitative estimate of drug-likeness (QED) is 0.884. The Morgan fingerprint density at radius 2 is 1.93 bits per heavy atom. The largest absolute Gasteiger partial charge is 0.319 e. The summed E-state index contributed by atoms with van der Waals surface area (Å²) in [6.45, 7) is 0. The van der Waals surface area contributed by atoms with Gasteiger partial charge in [0.05, 0.1) is 6.04 Å². The fraction of sp³-hybridized carbons (Fsp3) is 0.250. The highest BCUT2D eigenvalue weighted by Crippen LogP contribution is 2.28. The molecular formula is C8H8BrCl2F2N. The van der Waals surface area contributed by atoms with Gasteiger partial charge < -0.3 is 5.73 Å². The van der Waals surface area contributed by atoms with Crippen molar-refractivity contribution in [3.8, 4) is 0 Å². The van der Waals surface area contributed by atoms with E-state index < -0.39 is 12.5 Å². The maximum atomic E-state index is 12.2. The summed E-state index contributed by atoms with van der Waals surface area (Å²) in [5.41, 5.74) is 5.59. The second kappa shape index (κ2) is 5.85. The van der Waals surface area contributed by atoms with Crippen LogP contribution in [0.2, 0.25) is 5.02 Å². The van der Waals surface area contributed by atoms with Crippen molar-refractivity contribution in [3.05, 3.63) is 33.3 Å². The normalized spacial score (nSPS) is 12.4. The molecule has 2 N–H and O–H groups in total. The van der Waals surface area contributed by atoms with E-state index in [-0.39, 0.29) is 12.4 Å². The van der Waals surface area contributed by atoms with Crippen molar-refractivity contribution in [2.75, 3.05) is 0 Å². The Labute approximate surface area is 100 Å². The molecule has 0 heterocycles. The lowest BCUT2D eigenvalue weighted by molar-refractivity contribution is 0.116. The molecule has 80 valence electrons. The van der Waals surface area contributed by atoms with Crippen molar-refractivity contribution in [3.63, 3.8) is 0 Å². The molecule has 0 saturated carbocycles. The van der Waals surface area contributed by atoms with Gasteiger partial charge in [0.25, 0.3) is 6.43 Å². The zero-order valence-corrected chi connectivity index (χ0v) is 10.0. The molecule has 0 unspecified atom stereocenters. The number of nitrogens with two attached hydrogens (primary N) is 1. The molecule has 0 fully saturated rings. The number of alkyl halides is 2. The van der Waals surface area contributed by atoms with Gasteiger partial charge in [-0.3, -0.25) is 0 Å². The minimum Gasteiger partial charge on any atom is -0.319 e. The van der Waals surface area contributed by atoms with Crippen molar-refractivity contribution >= 4 is 39.9 Å². The SMILES string of the molecule is Cl.N[C@@H](c1cc(Cl)ccc1Br)C(F)F. The van der Waals surface area contributed by atoms with Gasteiger partial charge >= 0.3 is 0 Å². The van der Waals surface area contributed by atoms with Crippen LogP contribution < -0.4 is 5.73 Å². The van der Waals surface area contributed by atoms with Gasteiger partial charge in [-0.2, -0.15) is 0 Å². The number of halogens is 5. The molecule has 1 rings (SSSR count). The molecule has 1 nitrogen and oxygen atoms in total. The first-order chi connectivity index (χ1) is 6.02. The van der Waals surface area contributed by atoms with E-state index in [2.05, 4.69) is 15.9 Å². The van der Waals surface area contributed by atoms with Crippen LogP contribution in [-0.2, 0) is 0 Å². The van der Waals surface area contributed by atoms with E-state index in [4.69, 9.17) is 17.3 Å². The van der Waals surface area contributed by atoms with Gasteiger partial charge in [-0.15, -0.1) is 12.4 Å². The Bertz CT molecular complexity index is 309. The highest BCUT2D eigenvalue weighted by Gasteiger charge is 2.19. The van der Waals surface area contributed by atoms with Gasteiger partial charge in [-0.25, -0.2) is 8.78 Å². The van der Waals surface area contributed by atoms with Crippen LogP contribution in [-0.4, -0.2) is 6.43 Å². The molecule has 0 amide bonds. The Balaban J connectivity index is 0.00000169. The fourth-order valence-corrected chi connectivity index (χ4v) is 1.60. The standard InChI is InChI=1S/C8H7BrClF2N.ClH/c9-6-2-1-4(10)3-5(6)7(13)8(11)12;/h1-3,7-8H,13H2;1H/t7-;/m0./s1. The number of hydrogen-bond acceptors (Lipinski definition) is 1. The summed E-state index contributed by atoms with van der Waals surface area (Å²) in [4.78, 5) is 0. The first kappa shape index (κ1) is 14.1. The van der Waals surface area contributed by atoms with Crippen LogP contribution in [0.5, 0.6) is 0 Å². The summed E-state index contributed by atoms with van der Waals surface area (Å²) in [6, 6.07) is 3.34. The minimum absolute atomic E-state index is 0. The van der Waals surface area contributed by atoms with Gasteiger partial charge in [0.1, 0.15) is 0 Å². The Hall–Kier alpha value is 0.1000. The van der Waals surface area contributed by atoms with Crippen LogP contribution in [0.3, 0.4) is 0 Å². The lowest BCUT2D eigenvalue weighted by atomic mass is 10.1. The predicted molar refractivity (Wildman–Crippen MR) is 59.3 cm³/mol. The van der Waals surface area contributed by atoms with Gasteiger partial charge in [0, 0.05) is 9.50 Å². The lowest BCUT2D eigenvalue weighted by Gasteiger charge is -2.12. The van der Waals surface area contributed by atoms with Crippen LogP contribution in [0.25, 0.3) is 0 Å². The van der Waals surface area contributed by atoms with E-state index >= 15 is 0 Å². The molecule has 0 aliphatic carbocycles. The second-order valence-electron chi connectivity index (χ2n) is 2.53. The second-order valence-corrected chi connectivity index (χ2v) is 3.82. The molecule has 0 saturated heterocycles. The molecule has 14 heavy (non-hydrogen) atoms. The van der Waals surface area contributed by atoms with Crippen molar-refractivity contribution < 1.29 is 8.78 Å². The molecule has 0 aliphatic heterocycles. The van der Waals surface area contributed by atoms with Crippen molar-refractivity contribution in [1.82, 2.24) is 0 Å². The summed E-state index contributed by atoms with van der Waals surface area (Å²) in [6.07, 6.45) is -2.59. The summed E-state index contributed by atoms with van der Waals surface area (Å²) in [5.74, 6) is 0. The highest BCUT2D eigenvalue weighted by molar-refractivity contribution is 9.10. The van der Waals surface area contributed by atoms with Crippen LogP contribution >= 0.6 is 39.9 Å². The summed E-state index contributed by atoms with van der Waals surface area (Å²) >= 11 is 8.77. The first-order valence-electron chi connectivity index (χ1n) is 3.51. The number of hydrogen-bond donors (Lipinski definition) is 1. The summed E-state index contributed by atoms with van der Waals surface area (Å²) in [5, 5.41) is 0.398. The maximum absolute atomic E-state index is 12.2. The van der Waals surface area contributed by atoms with Gasteiger partial charge in [-0.1, -0.05) is 27.5 Å². The monoisotopic (exact) mass is 305 g/mol. The zero-order chi connectivity index (χ0) is 10.0. The van der Waals surface area contributed by atoms with Crippen molar-refractivity contribution in [2.45, 2.75) is 12.5 Å². The molecule has 1 aromatic carbocycles. The molecule has 0 spiro atoms. The van der Waals surface area contributed by atoms with Gasteiger partial charge in [-0.05, 0) is 23.8 Å². The predicted octanol–water partition coefficient (Wildman–Crippen LogP) is 3.79. The van der Waals surface area contributed by atoms with E-state index in [1.807, 2.05) is 0 Å². The van der Waals surface area contributed by atoms with E-state index in [1.54, 1.807) is 12.1 Å². The lowest BCUT2D eigenvalue weighted by Crippen LogP contribution is -2.19. The maximum Gasteiger partial charge on any atom is 0.257 e. The summed E-state index contributed by atoms with van der Waals surface area (Å²) in [7, 11) is 0.